The molecule has 5 heteroatoms. The zero-order valence-electron chi connectivity index (χ0n) is 9.13. The number of nitriles is 1. The molecule has 0 aliphatic heterocycles. The van der Waals surface area contributed by atoms with Crippen LogP contribution < -0.4 is 0 Å². The van der Waals surface area contributed by atoms with E-state index in [0.29, 0.717) is 31.0 Å². The second kappa shape index (κ2) is 5.12. The van der Waals surface area contributed by atoms with Crippen molar-refractivity contribution in [3.8, 4) is 11.8 Å². The summed E-state index contributed by atoms with van der Waals surface area (Å²) in [5.41, 5.74) is 0.996. The summed E-state index contributed by atoms with van der Waals surface area (Å²) >= 11 is 0. The third-order valence-electron chi connectivity index (χ3n) is 2.26. The summed E-state index contributed by atoms with van der Waals surface area (Å²) in [6.07, 6.45) is 1.41. The Bertz CT molecular complexity index is 525. The molecule has 2 aromatic rings. The maximum atomic E-state index is 9.14. The molecular formula is C12H11N3O2. The van der Waals surface area contributed by atoms with Gasteiger partial charge in [0.1, 0.15) is 5.75 Å². The molecule has 0 amide bonds. The Kier molecular flexibility index (Phi) is 3.36. The van der Waals surface area contributed by atoms with E-state index in [9.17, 15) is 0 Å². The highest BCUT2D eigenvalue weighted by Gasteiger charge is 2.06. The quantitative estimate of drug-likeness (QED) is 0.864. The number of aromatic hydroxyl groups is 1. The molecule has 1 heterocycles. The van der Waals surface area contributed by atoms with Crippen molar-refractivity contribution < 1.29 is 9.63 Å². The molecule has 0 bridgehead atoms. The van der Waals surface area contributed by atoms with Crippen LogP contribution in [0.4, 0.5) is 0 Å². The lowest BCUT2D eigenvalue weighted by molar-refractivity contribution is 0.375. The molecule has 5 nitrogen and oxygen atoms in total. The Labute approximate surface area is 98.3 Å². The predicted octanol–water partition coefficient (Wildman–Crippen LogP) is 1.82. The van der Waals surface area contributed by atoms with Gasteiger partial charge in [-0.25, -0.2) is 0 Å². The standard InChI is InChI=1S/C12H11N3O2/c13-7-1-2-12-14-11(15-17-12)8-9-3-5-10(16)6-4-9/h3-6,16H,1-2,8H2. The van der Waals surface area contributed by atoms with E-state index in [1.54, 1.807) is 24.3 Å². The normalized spacial score (nSPS) is 10.1. The highest BCUT2D eigenvalue weighted by atomic mass is 16.5. The van der Waals surface area contributed by atoms with E-state index < -0.39 is 0 Å². The summed E-state index contributed by atoms with van der Waals surface area (Å²) in [5, 5.41) is 21.4. The molecule has 17 heavy (non-hydrogen) atoms. The van der Waals surface area contributed by atoms with Crippen LogP contribution in [-0.2, 0) is 12.8 Å². The number of phenols is 1. The number of phenolic OH excluding ortho intramolecular Hbond substituents is 1. The fourth-order valence-corrected chi connectivity index (χ4v) is 1.42. The molecule has 0 spiro atoms. The second-order valence-corrected chi connectivity index (χ2v) is 3.61. The first-order chi connectivity index (χ1) is 8.28. The summed E-state index contributed by atoms with van der Waals surface area (Å²) in [6, 6.07) is 8.87. The van der Waals surface area contributed by atoms with Crippen LogP contribution in [0, 0.1) is 11.3 Å². The monoisotopic (exact) mass is 229 g/mol. The van der Waals surface area contributed by atoms with Gasteiger partial charge in [0.2, 0.25) is 5.89 Å². The molecule has 1 N–H and O–H groups in total. The third kappa shape index (κ3) is 3.05. The minimum atomic E-state index is 0.233. The van der Waals surface area contributed by atoms with Crippen LogP contribution in [0.5, 0.6) is 5.75 Å². The first kappa shape index (κ1) is 11.1. The summed E-state index contributed by atoms with van der Waals surface area (Å²) < 4.78 is 5.00. The lowest BCUT2D eigenvalue weighted by atomic mass is 10.1. The molecule has 86 valence electrons. The van der Waals surface area contributed by atoms with Crippen molar-refractivity contribution in [2.75, 3.05) is 0 Å². The van der Waals surface area contributed by atoms with Crippen LogP contribution in [0.2, 0.25) is 0 Å². The fourth-order valence-electron chi connectivity index (χ4n) is 1.42. The number of hydrogen-bond acceptors (Lipinski definition) is 5. The SMILES string of the molecule is N#CCCc1nc(Cc2ccc(O)cc2)no1. The highest BCUT2D eigenvalue weighted by molar-refractivity contribution is 5.27. The molecule has 1 aromatic carbocycles. The summed E-state index contributed by atoms with van der Waals surface area (Å²) in [6.45, 7) is 0. The van der Waals surface area contributed by atoms with Crippen molar-refractivity contribution in [2.24, 2.45) is 0 Å². The van der Waals surface area contributed by atoms with Gasteiger partial charge >= 0.3 is 0 Å². The molecule has 0 atom stereocenters. The van der Waals surface area contributed by atoms with Gasteiger partial charge < -0.3 is 9.63 Å². The molecule has 0 saturated heterocycles. The van der Waals surface area contributed by atoms with Gasteiger partial charge in [-0.05, 0) is 17.7 Å². The maximum Gasteiger partial charge on any atom is 0.227 e. The molecule has 0 aliphatic carbocycles. The van der Waals surface area contributed by atoms with Gasteiger partial charge in [0.15, 0.2) is 5.82 Å². The Balaban J connectivity index is 2.01. The summed E-state index contributed by atoms with van der Waals surface area (Å²) in [7, 11) is 0. The van der Waals surface area contributed by atoms with Gasteiger partial charge in [-0.1, -0.05) is 17.3 Å². The van der Waals surface area contributed by atoms with Crippen LogP contribution in [0.25, 0.3) is 0 Å². The fraction of sp³-hybridized carbons (Fsp3) is 0.250. The Morgan fingerprint density at radius 1 is 1.29 bits per heavy atom. The number of nitrogens with zero attached hydrogens (tertiary/aromatic N) is 3. The van der Waals surface area contributed by atoms with Crippen molar-refractivity contribution in [1.82, 2.24) is 10.1 Å². The maximum absolute atomic E-state index is 9.14. The Morgan fingerprint density at radius 3 is 2.76 bits per heavy atom. The largest absolute Gasteiger partial charge is 0.508 e. The molecule has 1 aromatic heterocycles. The average Bonchev–Trinajstić information content (AvgIpc) is 2.77. The molecular weight excluding hydrogens is 218 g/mol. The lowest BCUT2D eigenvalue weighted by Gasteiger charge is -1.96. The van der Waals surface area contributed by atoms with E-state index in [1.807, 2.05) is 6.07 Å². The van der Waals surface area contributed by atoms with E-state index in [2.05, 4.69) is 10.1 Å². The highest BCUT2D eigenvalue weighted by Crippen LogP contribution is 2.12. The summed E-state index contributed by atoms with van der Waals surface area (Å²) in [5.74, 6) is 1.31. The number of aryl methyl sites for hydroxylation is 1. The van der Waals surface area contributed by atoms with Crippen LogP contribution >= 0.6 is 0 Å². The molecule has 0 saturated carbocycles. The molecule has 0 fully saturated rings. The van der Waals surface area contributed by atoms with E-state index in [1.165, 1.54) is 0 Å². The number of hydrogen-bond donors (Lipinski definition) is 1. The van der Waals surface area contributed by atoms with Crippen molar-refractivity contribution >= 4 is 0 Å². The minimum Gasteiger partial charge on any atom is -0.508 e. The molecule has 0 aliphatic rings. The Hall–Kier alpha value is -2.35. The number of benzene rings is 1. The zero-order valence-corrected chi connectivity index (χ0v) is 9.13. The van der Waals surface area contributed by atoms with Crippen molar-refractivity contribution in [1.29, 1.82) is 5.26 Å². The van der Waals surface area contributed by atoms with E-state index in [-0.39, 0.29) is 5.75 Å². The number of rotatable bonds is 4. The molecule has 0 unspecified atom stereocenters. The van der Waals surface area contributed by atoms with Crippen LogP contribution in [0.15, 0.2) is 28.8 Å². The van der Waals surface area contributed by atoms with Crippen LogP contribution in [0.1, 0.15) is 23.7 Å². The van der Waals surface area contributed by atoms with Crippen molar-refractivity contribution in [3.05, 3.63) is 41.5 Å². The van der Waals surface area contributed by atoms with E-state index in [4.69, 9.17) is 14.9 Å². The minimum absolute atomic E-state index is 0.233. The van der Waals surface area contributed by atoms with Crippen LogP contribution in [0.3, 0.4) is 0 Å². The van der Waals surface area contributed by atoms with E-state index in [0.717, 1.165) is 5.56 Å². The first-order valence-corrected chi connectivity index (χ1v) is 5.24. The zero-order chi connectivity index (χ0) is 12.1. The topological polar surface area (TPSA) is 82.9 Å². The van der Waals surface area contributed by atoms with E-state index >= 15 is 0 Å². The van der Waals surface area contributed by atoms with Gasteiger partial charge in [0, 0.05) is 19.3 Å². The van der Waals surface area contributed by atoms with Crippen molar-refractivity contribution in [3.63, 3.8) is 0 Å². The summed E-state index contributed by atoms with van der Waals surface area (Å²) in [4.78, 5) is 4.17. The Morgan fingerprint density at radius 2 is 2.06 bits per heavy atom. The van der Waals surface area contributed by atoms with Gasteiger partial charge in [-0.3, -0.25) is 0 Å². The van der Waals surface area contributed by atoms with Crippen molar-refractivity contribution in [2.45, 2.75) is 19.3 Å². The van der Waals surface area contributed by atoms with Gasteiger partial charge in [0.05, 0.1) is 6.07 Å². The predicted molar refractivity (Wildman–Crippen MR) is 59.1 cm³/mol. The molecule has 2 rings (SSSR count). The number of aromatic nitrogens is 2. The second-order valence-electron chi connectivity index (χ2n) is 3.61. The van der Waals surface area contributed by atoms with Gasteiger partial charge in [0.25, 0.3) is 0 Å². The van der Waals surface area contributed by atoms with Crippen LogP contribution in [-0.4, -0.2) is 15.2 Å². The lowest BCUT2D eigenvalue weighted by Crippen LogP contribution is -1.91. The van der Waals surface area contributed by atoms with Gasteiger partial charge in [-0.2, -0.15) is 10.2 Å². The first-order valence-electron chi connectivity index (χ1n) is 5.24. The molecule has 0 radical (unpaired) electrons. The third-order valence-corrected chi connectivity index (χ3v) is 2.26. The smallest absolute Gasteiger partial charge is 0.227 e. The van der Waals surface area contributed by atoms with Gasteiger partial charge in [-0.15, -0.1) is 0 Å². The average molecular weight is 229 g/mol.